The van der Waals surface area contributed by atoms with Gasteiger partial charge in [-0.2, -0.15) is 0 Å². The van der Waals surface area contributed by atoms with Crippen LogP contribution in [-0.2, 0) is 0 Å². The van der Waals surface area contributed by atoms with Crippen molar-refractivity contribution in [2.45, 2.75) is 39.2 Å². The van der Waals surface area contributed by atoms with Crippen LogP contribution in [0.3, 0.4) is 0 Å². The van der Waals surface area contributed by atoms with Gasteiger partial charge in [-0.15, -0.1) is 0 Å². The molecule has 4 heteroatoms. The molecule has 110 valence electrons. The van der Waals surface area contributed by atoms with E-state index in [0.717, 1.165) is 45.6 Å². The standard InChI is InChI=1S/C14H33N3O/c1-5-9-15-14(13-18)8-12-17(6-2)11-7-10-16(3)4/h14-15,18H,5-13H2,1-4H3. The zero-order valence-corrected chi connectivity index (χ0v) is 12.8. The van der Waals surface area contributed by atoms with Gasteiger partial charge >= 0.3 is 0 Å². The molecule has 0 amide bonds. The molecule has 0 aliphatic heterocycles. The number of hydrogen-bond donors (Lipinski definition) is 2. The molecule has 0 aromatic carbocycles. The topological polar surface area (TPSA) is 38.7 Å². The van der Waals surface area contributed by atoms with E-state index < -0.39 is 0 Å². The lowest BCUT2D eigenvalue weighted by Gasteiger charge is -2.24. The Labute approximate surface area is 113 Å². The van der Waals surface area contributed by atoms with E-state index >= 15 is 0 Å². The summed E-state index contributed by atoms with van der Waals surface area (Å²) in [7, 11) is 4.24. The third kappa shape index (κ3) is 9.83. The van der Waals surface area contributed by atoms with Crippen molar-refractivity contribution in [2.24, 2.45) is 0 Å². The average Bonchev–Trinajstić information content (AvgIpc) is 2.36. The third-order valence-corrected chi connectivity index (χ3v) is 3.22. The minimum Gasteiger partial charge on any atom is -0.395 e. The Morgan fingerprint density at radius 3 is 2.33 bits per heavy atom. The molecule has 0 aromatic heterocycles. The van der Waals surface area contributed by atoms with Gasteiger partial charge in [0.25, 0.3) is 0 Å². The lowest BCUT2D eigenvalue weighted by Crippen LogP contribution is -2.37. The molecular weight excluding hydrogens is 226 g/mol. The fourth-order valence-electron chi connectivity index (χ4n) is 1.98. The van der Waals surface area contributed by atoms with Crippen molar-refractivity contribution in [1.29, 1.82) is 0 Å². The third-order valence-electron chi connectivity index (χ3n) is 3.22. The lowest BCUT2D eigenvalue weighted by molar-refractivity contribution is 0.205. The summed E-state index contributed by atoms with van der Waals surface area (Å²) in [6.45, 7) is 10.1. The van der Waals surface area contributed by atoms with Crippen molar-refractivity contribution >= 4 is 0 Å². The minimum atomic E-state index is 0.245. The summed E-state index contributed by atoms with van der Waals surface area (Å²) in [5, 5.41) is 12.7. The quantitative estimate of drug-likeness (QED) is 0.549. The predicted molar refractivity (Wildman–Crippen MR) is 79.1 cm³/mol. The van der Waals surface area contributed by atoms with Crippen molar-refractivity contribution in [3.63, 3.8) is 0 Å². The molecule has 0 fully saturated rings. The first-order chi connectivity index (χ1) is 8.63. The van der Waals surface area contributed by atoms with E-state index in [9.17, 15) is 5.11 Å². The largest absolute Gasteiger partial charge is 0.395 e. The SMILES string of the molecule is CCCNC(CO)CCN(CC)CCCN(C)C. The first-order valence-electron chi connectivity index (χ1n) is 7.35. The van der Waals surface area contributed by atoms with Gasteiger partial charge < -0.3 is 20.2 Å². The normalized spacial score (nSPS) is 13.5. The second-order valence-electron chi connectivity index (χ2n) is 5.21. The van der Waals surface area contributed by atoms with Crippen LogP contribution in [0, 0.1) is 0 Å². The highest BCUT2D eigenvalue weighted by Crippen LogP contribution is 1.99. The zero-order valence-electron chi connectivity index (χ0n) is 12.8. The van der Waals surface area contributed by atoms with E-state index in [0.29, 0.717) is 0 Å². The van der Waals surface area contributed by atoms with Crippen LogP contribution < -0.4 is 5.32 Å². The van der Waals surface area contributed by atoms with Gasteiger partial charge in [-0.05, 0) is 66.1 Å². The van der Waals surface area contributed by atoms with Gasteiger partial charge in [0.1, 0.15) is 0 Å². The molecule has 0 bridgehead atoms. The number of hydrogen-bond acceptors (Lipinski definition) is 4. The number of aliphatic hydroxyl groups excluding tert-OH is 1. The van der Waals surface area contributed by atoms with Gasteiger partial charge in [0.15, 0.2) is 0 Å². The molecule has 0 aromatic rings. The average molecular weight is 259 g/mol. The maximum atomic E-state index is 9.30. The molecule has 0 heterocycles. The zero-order chi connectivity index (χ0) is 13.8. The van der Waals surface area contributed by atoms with Crippen molar-refractivity contribution < 1.29 is 5.11 Å². The molecule has 0 aliphatic rings. The van der Waals surface area contributed by atoms with E-state index in [4.69, 9.17) is 0 Å². The van der Waals surface area contributed by atoms with Gasteiger partial charge in [0, 0.05) is 6.04 Å². The summed E-state index contributed by atoms with van der Waals surface area (Å²) in [5.41, 5.74) is 0. The number of aliphatic hydroxyl groups is 1. The first-order valence-corrected chi connectivity index (χ1v) is 7.35. The highest BCUT2D eigenvalue weighted by atomic mass is 16.3. The van der Waals surface area contributed by atoms with E-state index in [2.05, 4.69) is 43.1 Å². The van der Waals surface area contributed by atoms with Gasteiger partial charge in [-0.3, -0.25) is 0 Å². The number of nitrogens with one attached hydrogen (secondary N) is 1. The maximum absolute atomic E-state index is 9.30. The fourth-order valence-corrected chi connectivity index (χ4v) is 1.98. The van der Waals surface area contributed by atoms with Crippen molar-refractivity contribution in [3.05, 3.63) is 0 Å². The molecule has 1 unspecified atom stereocenters. The Balaban J connectivity index is 3.75. The molecular formula is C14H33N3O. The van der Waals surface area contributed by atoms with E-state index in [-0.39, 0.29) is 12.6 Å². The Bertz CT molecular complexity index is 176. The first kappa shape index (κ1) is 17.8. The Kier molecular flexibility index (Phi) is 11.8. The molecule has 0 rings (SSSR count). The molecule has 0 spiro atoms. The summed E-state index contributed by atoms with van der Waals surface area (Å²) in [5.74, 6) is 0. The van der Waals surface area contributed by atoms with Crippen molar-refractivity contribution in [1.82, 2.24) is 15.1 Å². The monoisotopic (exact) mass is 259 g/mol. The van der Waals surface area contributed by atoms with Crippen molar-refractivity contribution in [2.75, 3.05) is 53.4 Å². The van der Waals surface area contributed by atoms with E-state index in [1.807, 2.05) is 0 Å². The fraction of sp³-hybridized carbons (Fsp3) is 1.00. The molecule has 0 radical (unpaired) electrons. The van der Waals surface area contributed by atoms with Crippen LogP contribution in [0.15, 0.2) is 0 Å². The summed E-state index contributed by atoms with van der Waals surface area (Å²) < 4.78 is 0. The molecule has 4 nitrogen and oxygen atoms in total. The highest BCUT2D eigenvalue weighted by molar-refractivity contribution is 4.68. The van der Waals surface area contributed by atoms with E-state index in [1.165, 1.54) is 6.42 Å². The molecule has 2 N–H and O–H groups in total. The second-order valence-corrected chi connectivity index (χ2v) is 5.21. The highest BCUT2D eigenvalue weighted by Gasteiger charge is 2.09. The molecule has 0 saturated carbocycles. The van der Waals surface area contributed by atoms with Crippen molar-refractivity contribution in [3.8, 4) is 0 Å². The molecule has 1 atom stereocenters. The van der Waals surface area contributed by atoms with Gasteiger partial charge in [-0.25, -0.2) is 0 Å². The summed E-state index contributed by atoms with van der Waals surface area (Å²) in [4.78, 5) is 4.70. The van der Waals surface area contributed by atoms with Crippen LogP contribution in [0.2, 0.25) is 0 Å². The number of nitrogens with zero attached hydrogens (tertiary/aromatic N) is 2. The van der Waals surface area contributed by atoms with Crippen LogP contribution in [0.1, 0.15) is 33.1 Å². The van der Waals surface area contributed by atoms with Gasteiger partial charge in [0.2, 0.25) is 0 Å². The molecule has 0 aliphatic carbocycles. The van der Waals surface area contributed by atoms with Crippen LogP contribution in [0.5, 0.6) is 0 Å². The molecule has 18 heavy (non-hydrogen) atoms. The summed E-state index contributed by atoms with van der Waals surface area (Å²) >= 11 is 0. The van der Waals surface area contributed by atoms with E-state index in [1.54, 1.807) is 0 Å². The lowest BCUT2D eigenvalue weighted by atomic mass is 10.2. The maximum Gasteiger partial charge on any atom is 0.0585 e. The van der Waals surface area contributed by atoms with Gasteiger partial charge in [-0.1, -0.05) is 13.8 Å². The minimum absolute atomic E-state index is 0.245. The smallest absolute Gasteiger partial charge is 0.0585 e. The van der Waals surface area contributed by atoms with Crippen LogP contribution >= 0.6 is 0 Å². The summed E-state index contributed by atoms with van der Waals surface area (Å²) in [6.07, 6.45) is 3.37. The van der Waals surface area contributed by atoms with Crippen LogP contribution in [0.25, 0.3) is 0 Å². The van der Waals surface area contributed by atoms with Crippen LogP contribution in [-0.4, -0.2) is 74.4 Å². The number of rotatable bonds is 12. The Hall–Kier alpha value is -0.160. The Morgan fingerprint density at radius 1 is 1.11 bits per heavy atom. The Morgan fingerprint density at radius 2 is 1.83 bits per heavy atom. The summed E-state index contributed by atoms with van der Waals surface area (Å²) in [6, 6.07) is 0.257. The van der Waals surface area contributed by atoms with Gasteiger partial charge in [0.05, 0.1) is 6.61 Å². The predicted octanol–water partition coefficient (Wildman–Crippen LogP) is 1.01. The van der Waals surface area contributed by atoms with Crippen LogP contribution in [0.4, 0.5) is 0 Å². The molecule has 0 saturated heterocycles. The second kappa shape index (κ2) is 11.9.